The second-order valence-electron chi connectivity index (χ2n) is 7.34. The van der Waals surface area contributed by atoms with Gasteiger partial charge in [-0.1, -0.05) is 18.2 Å². The maximum atomic E-state index is 13.2. The summed E-state index contributed by atoms with van der Waals surface area (Å²) in [5.74, 6) is -0.498. The van der Waals surface area contributed by atoms with Gasteiger partial charge in [0, 0.05) is 18.4 Å². The number of esters is 1. The fourth-order valence-electron chi connectivity index (χ4n) is 4.05. The van der Waals surface area contributed by atoms with Crippen molar-refractivity contribution in [3.8, 4) is 0 Å². The number of likely N-dealkylation sites (N-methyl/N-ethyl adjacent to an activating group) is 1. The Kier molecular flexibility index (Phi) is 4.33. The van der Waals surface area contributed by atoms with E-state index in [4.69, 9.17) is 4.99 Å². The molecule has 4 rings (SSSR count). The number of carbonyl (C=O) groups is 3. The van der Waals surface area contributed by atoms with E-state index in [1.165, 1.54) is 12.0 Å². The Morgan fingerprint density at radius 3 is 2.48 bits per heavy atom. The SMILES string of the molecule is COC(=O)CN1C(=O)C2C(N=C3N(c4ccccc4C)C(C)=C(C)N32)N(C)C1=O. The third kappa shape index (κ3) is 2.60. The van der Waals surface area contributed by atoms with Crippen LogP contribution in [0.25, 0.3) is 0 Å². The second kappa shape index (κ2) is 6.61. The Morgan fingerprint density at radius 2 is 1.83 bits per heavy atom. The van der Waals surface area contributed by atoms with Gasteiger partial charge in [-0.05, 0) is 32.4 Å². The van der Waals surface area contributed by atoms with E-state index in [0.717, 1.165) is 27.5 Å². The molecule has 9 heteroatoms. The second-order valence-corrected chi connectivity index (χ2v) is 7.34. The molecule has 1 fully saturated rings. The van der Waals surface area contributed by atoms with Gasteiger partial charge >= 0.3 is 12.0 Å². The fourth-order valence-corrected chi connectivity index (χ4v) is 4.05. The third-order valence-corrected chi connectivity index (χ3v) is 5.76. The lowest BCUT2D eigenvalue weighted by Crippen LogP contribution is -2.65. The standard InChI is InChI=1S/C20H23N5O4/c1-11-8-6-7-9-14(11)24-12(2)13(3)25-16-17(21-19(24)25)22(4)20(28)23(18(16)27)10-15(26)29-5/h6-9,16-17H,10H2,1-5H3. The summed E-state index contributed by atoms with van der Waals surface area (Å²) in [7, 11) is 2.81. The molecule has 0 bridgehead atoms. The summed E-state index contributed by atoms with van der Waals surface area (Å²) in [4.78, 5) is 48.7. The molecule has 0 N–H and O–H groups in total. The number of anilines is 1. The summed E-state index contributed by atoms with van der Waals surface area (Å²) in [6, 6.07) is 6.65. The molecule has 3 heterocycles. The number of hydrogen-bond acceptors (Lipinski definition) is 7. The molecule has 0 radical (unpaired) electrons. The van der Waals surface area contributed by atoms with E-state index < -0.39 is 36.7 Å². The highest BCUT2D eigenvalue weighted by Crippen LogP contribution is 2.40. The number of urea groups is 1. The molecule has 2 atom stereocenters. The van der Waals surface area contributed by atoms with Gasteiger partial charge in [-0.3, -0.25) is 24.3 Å². The molecule has 0 aromatic heterocycles. The van der Waals surface area contributed by atoms with Crippen LogP contribution in [0.2, 0.25) is 0 Å². The number of para-hydroxylation sites is 1. The number of imide groups is 1. The Labute approximate surface area is 168 Å². The minimum Gasteiger partial charge on any atom is -0.468 e. The predicted octanol–water partition coefficient (Wildman–Crippen LogP) is 1.50. The maximum absolute atomic E-state index is 13.2. The number of carbonyl (C=O) groups excluding carboxylic acids is 3. The van der Waals surface area contributed by atoms with Gasteiger partial charge in [0.1, 0.15) is 6.54 Å². The van der Waals surface area contributed by atoms with E-state index in [1.54, 1.807) is 7.05 Å². The zero-order valence-corrected chi connectivity index (χ0v) is 17.0. The molecule has 0 saturated carbocycles. The molecule has 1 aromatic rings. The van der Waals surface area contributed by atoms with Crippen LogP contribution in [0.4, 0.5) is 10.5 Å². The largest absolute Gasteiger partial charge is 0.468 e. The normalized spacial score (nSPS) is 23.6. The minimum absolute atomic E-state index is 0.422. The Morgan fingerprint density at radius 1 is 1.14 bits per heavy atom. The molecule has 29 heavy (non-hydrogen) atoms. The third-order valence-electron chi connectivity index (χ3n) is 5.76. The van der Waals surface area contributed by atoms with Crippen LogP contribution in [0.3, 0.4) is 0 Å². The van der Waals surface area contributed by atoms with Crippen molar-refractivity contribution in [2.24, 2.45) is 4.99 Å². The molecule has 0 spiro atoms. The number of nitrogens with zero attached hydrogens (tertiary/aromatic N) is 5. The number of benzene rings is 1. The smallest absolute Gasteiger partial charge is 0.328 e. The number of guanidine groups is 1. The quantitative estimate of drug-likeness (QED) is 0.719. The van der Waals surface area contributed by atoms with Crippen LogP contribution in [0, 0.1) is 6.92 Å². The number of aryl methyl sites for hydroxylation is 1. The molecule has 2 unspecified atom stereocenters. The van der Waals surface area contributed by atoms with Crippen LogP contribution in [0.5, 0.6) is 0 Å². The first kappa shape index (κ1) is 19.0. The molecule has 9 nitrogen and oxygen atoms in total. The summed E-state index contributed by atoms with van der Waals surface area (Å²) in [6.07, 6.45) is -0.659. The first-order valence-electron chi connectivity index (χ1n) is 9.33. The van der Waals surface area contributed by atoms with Gasteiger partial charge in [-0.15, -0.1) is 0 Å². The van der Waals surface area contributed by atoms with Crippen LogP contribution in [0.15, 0.2) is 40.7 Å². The number of ether oxygens (including phenoxy) is 1. The number of fused-ring (bicyclic) bond motifs is 3. The van der Waals surface area contributed by atoms with Crippen molar-refractivity contribution >= 4 is 29.6 Å². The minimum atomic E-state index is -0.721. The zero-order valence-electron chi connectivity index (χ0n) is 17.0. The van der Waals surface area contributed by atoms with Gasteiger partial charge in [0.15, 0.2) is 12.2 Å². The summed E-state index contributed by atoms with van der Waals surface area (Å²) in [5, 5.41) is 0. The van der Waals surface area contributed by atoms with E-state index in [9.17, 15) is 14.4 Å². The summed E-state index contributed by atoms with van der Waals surface area (Å²) < 4.78 is 4.65. The van der Waals surface area contributed by atoms with Crippen molar-refractivity contribution in [2.45, 2.75) is 33.0 Å². The highest BCUT2D eigenvalue weighted by atomic mass is 16.5. The lowest BCUT2D eigenvalue weighted by Gasteiger charge is -2.40. The average molecular weight is 397 g/mol. The van der Waals surface area contributed by atoms with Crippen LogP contribution >= 0.6 is 0 Å². The van der Waals surface area contributed by atoms with Crippen molar-refractivity contribution in [1.82, 2.24) is 14.7 Å². The first-order chi connectivity index (χ1) is 13.8. The van der Waals surface area contributed by atoms with Gasteiger partial charge in [0.2, 0.25) is 5.96 Å². The maximum Gasteiger partial charge on any atom is 0.328 e. The number of hydrogen-bond donors (Lipinski definition) is 0. The van der Waals surface area contributed by atoms with Gasteiger partial charge in [0.25, 0.3) is 5.91 Å². The molecular formula is C20H23N5O4. The molecule has 1 saturated heterocycles. The van der Waals surface area contributed by atoms with Crippen LogP contribution < -0.4 is 4.90 Å². The summed E-state index contributed by atoms with van der Waals surface area (Å²) in [5.41, 5.74) is 3.89. The zero-order chi connectivity index (χ0) is 21.0. The number of methoxy groups -OCH3 is 1. The van der Waals surface area contributed by atoms with Crippen molar-refractivity contribution in [3.05, 3.63) is 41.2 Å². The first-order valence-corrected chi connectivity index (χ1v) is 9.33. The van der Waals surface area contributed by atoms with Crippen LogP contribution in [-0.4, -0.2) is 71.5 Å². The molecule has 3 aliphatic heterocycles. The molecular weight excluding hydrogens is 374 g/mol. The Balaban J connectivity index is 1.76. The number of amides is 3. The van der Waals surface area contributed by atoms with Crippen LogP contribution in [0.1, 0.15) is 19.4 Å². The molecule has 3 aliphatic rings. The lowest BCUT2D eigenvalue weighted by molar-refractivity contribution is -0.148. The van der Waals surface area contributed by atoms with Gasteiger partial charge in [0.05, 0.1) is 12.8 Å². The monoisotopic (exact) mass is 397 g/mol. The van der Waals surface area contributed by atoms with Crippen molar-refractivity contribution in [3.63, 3.8) is 0 Å². The lowest BCUT2D eigenvalue weighted by atomic mass is 10.1. The molecule has 0 aliphatic carbocycles. The Bertz CT molecular complexity index is 985. The van der Waals surface area contributed by atoms with Gasteiger partial charge < -0.3 is 9.64 Å². The van der Waals surface area contributed by atoms with Crippen LogP contribution in [-0.2, 0) is 14.3 Å². The topological polar surface area (TPSA) is 85.8 Å². The fraction of sp³-hybridized carbons (Fsp3) is 0.400. The van der Waals surface area contributed by atoms with E-state index in [1.807, 2.05) is 54.8 Å². The van der Waals surface area contributed by atoms with Crippen molar-refractivity contribution in [2.75, 3.05) is 25.6 Å². The van der Waals surface area contributed by atoms with E-state index in [-0.39, 0.29) is 0 Å². The molecule has 3 amide bonds. The predicted molar refractivity (Wildman–Crippen MR) is 106 cm³/mol. The highest BCUT2D eigenvalue weighted by Gasteiger charge is 2.56. The molecule has 1 aromatic carbocycles. The van der Waals surface area contributed by atoms with Crippen molar-refractivity contribution < 1.29 is 19.1 Å². The number of aliphatic imine (C=N–C) groups is 1. The average Bonchev–Trinajstić information content (AvgIpc) is 3.20. The summed E-state index contributed by atoms with van der Waals surface area (Å²) >= 11 is 0. The summed E-state index contributed by atoms with van der Waals surface area (Å²) in [6.45, 7) is 5.50. The van der Waals surface area contributed by atoms with Crippen molar-refractivity contribution in [1.29, 1.82) is 0 Å². The van der Waals surface area contributed by atoms with Gasteiger partial charge in [-0.2, -0.15) is 0 Å². The van der Waals surface area contributed by atoms with E-state index >= 15 is 0 Å². The Hall–Kier alpha value is -3.36. The number of allylic oxidation sites excluding steroid dienone is 2. The van der Waals surface area contributed by atoms with Gasteiger partial charge in [-0.25, -0.2) is 9.79 Å². The highest BCUT2D eigenvalue weighted by molar-refractivity contribution is 6.11. The van der Waals surface area contributed by atoms with E-state index in [0.29, 0.717) is 5.96 Å². The number of rotatable bonds is 3. The van der Waals surface area contributed by atoms with E-state index in [2.05, 4.69) is 4.74 Å². The molecule has 152 valence electrons.